The molecule has 1 aliphatic heterocycles. The van der Waals surface area contributed by atoms with Gasteiger partial charge in [-0.25, -0.2) is 0 Å². The van der Waals surface area contributed by atoms with Crippen molar-refractivity contribution in [1.82, 2.24) is 9.78 Å². The Bertz CT molecular complexity index is 348. The minimum atomic E-state index is 0.288. The molecule has 1 saturated heterocycles. The molecule has 4 nitrogen and oxygen atoms in total. The molecule has 2 atom stereocenters. The maximum absolute atomic E-state index is 5.53. The highest BCUT2D eigenvalue weighted by Gasteiger charge is 2.24. The molecule has 1 aromatic heterocycles. The van der Waals surface area contributed by atoms with Crippen molar-refractivity contribution in [3.63, 3.8) is 0 Å². The molecule has 2 heterocycles. The number of aromatic nitrogens is 2. The average molecular weight is 237 g/mol. The standard InChI is InChI=1S/C13H23N3O/c1-10(2)4-7-16-8-5-13(15-16)14-12-6-9-17-11(12)3/h5,8,10-12H,4,6-7,9H2,1-3H3,(H,14,15)/t11-,12+/m0/s1. The van der Waals surface area contributed by atoms with E-state index in [1.807, 2.05) is 16.9 Å². The van der Waals surface area contributed by atoms with Gasteiger partial charge >= 0.3 is 0 Å². The Balaban J connectivity index is 1.85. The largest absolute Gasteiger partial charge is 0.376 e. The maximum Gasteiger partial charge on any atom is 0.148 e. The normalized spacial score (nSPS) is 24.5. The molecule has 17 heavy (non-hydrogen) atoms. The summed E-state index contributed by atoms with van der Waals surface area (Å²) in [5.41, 5.74) is 0. The molecule has 1 fully saturated rings. The van der Waals surface area contributed by atoms with Crippen LogP contribution in [0.5, 0.6) is 0 Å². The molecule has 0 spiro atoms. The topological polar surface area (TPSA) is 39.1 Å². The van der Waals surface area contributed by atoms with Gasteiger partial charge in [-0.1, -0.05) is 13.8 Å². The molecule has 0 saturated carbocycles. The molecule has 0 radical (unpaired) electrons. The fourth-order valence-corrected chi connectivity index (χ4v) is 2.06. The van der Waals surface area contributed by atoms with Crippen molar-refractivity contribution in [2.24, 2.45) is 5.92 Å². The lowest BCUT2D eigenvalue weighted by Crippen LogP contribution is -2.26. The third kappa shape index (κ3) is 3.46. The van der Waals surface area contributed by atoms with Crippen molar-refractivity contribution in [2.75, 3.05) is 11.9 Å². The molecule has 0 bridgehead atoms. The van der Waals surface area contributed by atoms with Crippen molar-refractivity contribution < 1.29 is 4.74 Å². The highest BCUT2D eigenvalue weighted by molar-refractivity contribution is 5.34. The van der Waals surface area contributed by atoms with Gasteiger partial charge in [-0.3, -0.25) is 4.68 Å². The molecule has 0 aliphatic carbocycles. The summed E-state index contributed by atoms with van der Waals surface area (Å²) >= 11 is 0. The first-order valence-corrected chi connectivity index (χ1v) is 6.56. The minimum absolute atomic E-state index is 0.288. The van der Waals surface area contributed by atoms with E-state index in [-0.39, 0.29) is 6.10 Å². The molecular weight excluding hydrogens is 214 g/mol. The second-order valence-electron chi connectivity index (χ2n) is 5.26. The molecule has 0 unspecified atom stereocenters. The molecule has 2 rings (SSSR count). The zero-order valence-corrected chi connectivity index (χ0v) is 11.0. The number of aryl methyl sites for hydroxylation is 1. The van der Waals surface area contributed by atoms with E-state index in [0.29, 0.717) is 6.04 Å². The van der Waals surface area contributed by atoms with Crippen LogP contribution in [0, 0.1) is 5.92 Å². The van der Waals surface area contributed by atoms with E-state index in [1.54, 1.807) is 0 Å². The van der Waals surface area contributed by atoms with Crippen LogP contribution in [-0.2, 0) is 11.3 Å². The van der Waals surface area contributed by atoms with Gasteiger partial charge in [0.15, 0.2) is 0 Å². The Labute approximate surface area is 103 Å². The second kappa shape index (κ2) is 5.54. The van der Waals surface area contributed by atoms with Gasteiger partial charge < -0.3 is 10.1 Å². The summed E-state index contributed by atoms with van der Waals surface area (Å²) in [4.78, 5) is 0. The SMILES string of the molecule is CC(C)CCn1ccc(N[C@@H]2CCO[C@H]2C)n1. The summed E-state index contributed by atoms with van der Waals surface area (Å²) in [5.74, 6) is 1.69. The van der Waals surface area contributed by atoms with Gasteiger partial charge in [0.25, 0.3) is 0 Å². The lowest BCUT2D eigenvalue weighted by atomic mass is 10.1. The number of hydrogen-bond acceptors (Lipinski definition) is 3. The summed E-state index contributed by atoms with van der Waals surface area (Å²) in [5, 5.41) is 7.97. The van der Waals surface area contributed by atoms with Crippen LogP contribution in [0.25, 0.3) is 0 Å². The van der Waals surface area contributed by atoms with Crippen LogP contribution in [0.3, 0.4) is 0 Å². The first kappa shape index (κ1) is 12.4. The molecule has 1 N–H and O–H groups in total. The molecule has 4 heteroatoms. The minimum Gasteiger partial charge on any atom is -0.376 e. The first-order chi connectivity index (χ1) is 8.15. The summed E-state index contributed by atoms with van der Waals surface area (Å²) in [7, 11) is 0. The smallest absolute Gasteiger partial charge is 0.148 e. The molecule has 1 aromatic rings. The van der Waals surface area contributed by atoms with Gasteiger partial charge in [0.1, 0.15) is 5.82 Å². The van der Waals surface area contributed by atoms with E-state index in [9.17, 15) is 0 Å². The van der Waals surface area contributed by atoms with E-state index >= 15 is 0 Å². The van der Waals surface area contributed by atoms with Gasteiger partial charge in [-0.05, 0) is 25.7 Å². The van der Waals surface area contributed by atoms with Gasteiger partial charge in [0.2, 0.25) is 0 Å². The van der Waals surface area contributed by atoms with Crippen LogP contribution in [-0.4, -0.2) is 28.5 Å². The van der Waals surface area contributed by atoms with Crippen molar-refractivity contribution in [1.29, 1.82) is 0 Å². The number of rotatable bonds is 5. The van der Waals surface area contributed by atoms with Gasteiger partial charge in [0.05, 0.1) is 12.1 Å². The maximum atomic E-state index is 5.53. The molecular formula is C13H23N3O. The Morgan fingerprint density at radius 3 is 3.06 bits per heavy atom. The lowest BCUT2D eigenvalue weighted by Gasteiger charge is -2.15. The quantitative estimate of drug-likeness (QED) is 0.855. The van der Waals surface area contributed by atoms with Gasteiger partial charge in [-0.2, -0.15) is 5.10 Å². The fourth-order valence-electron chi connectivity index (χ4n) is 2.06. The van der Waals surface area contributed by atoms with Crippen LogP contribution in [0.1, 0.15) is 33.6 Å². The van der Waals surface area contributed by atoms with Crippen LogP contribution in [0.15, 0.2) is 12.3 Å². The number of hydrogen-bond donors (Lipinski definition) is 1. The fraction of sp³-hybridized carbons (Fsp3) is 0.769. The third-order valence-electron chi connectivity index (χ3n) is 3.29. The number of nitrogens with zero attached hydrogens (tertiary/aromatic N) is 2. The Morgan fingerprint density at radius 1 is 1.59 bits per heavy atom. The lowest BCUT2D eigenvalue weighted by molar-refractivity contribution is 0.121. The van der Waals surface area contributed by atoms with E-state index in [0.717, 1.165) is 31.3 Å². The molecule has 96 valence electrons. The van der Waals surface area contributed by atoms with E-state index in [4.69, 9.17) is 4.74 Å². The number of ether oxygens (including phenoxy) is 1. The van der Waals surface area contributed by atoms with E-state index in [1.165, 1.54) is 6.42 Å². The van der Waals surface area contributed by atoms with Crippen LogP contribution < -0.4 is 5.32 Å². The third-order valence-corrected chi connectivity index (χ3v) is 3.29. The molecule has 1 aliphatic rings. The highest BCUT2D eigenvalue weighted by atomic mass is 16.5. The van der Waals surface area contributed by atoms with Crippen LogP contribution in [0.2, 0.25) is 0 Å². The first-order valence-electron chi connectivity index (χ1n) is 6.56. The van der Waals surface area contributed by atoms with Crippen molar-refractivity contribution in [3.05, 3.63) is 12.3 Å². The predicted molar refractivity (Wildman–Crippen MR) is 69.1 cm³/mol. The Kier molecular flexibility index (Phi) is 4.05. The van der Waals surface area contributed by atoms with Crippen molar-refractivity contribution in [3.8, 4) is 0 Å². The van der Waals surface area contributed by atoms with Crippen molar-refractivity contribution in [2.45, 2.75) is 52.3 Å². The van der Waals surface area contributed by atoms with Gasteiger partial charge in [-0.15, -0.1) is 0 Å². The zero-order valence-electron chi connectivity index (χ0n) is 11.0. The van der Waals surface area contributed by atoms with E-state index in [2.05, 4.69) is 31.2 Å². The number of anilines is 1. The Hall–Kier alpha value is -1.03. The van der Waals surface area contributed by atoms with E-state index < -0.39 is 0 Å². The Morgan fingerprint density at radius 2 is 2.41 bits per heavy atom. The van der Waals surface area contributed by atoms with Crippen LogP contribution in [0.4, 0.5) is 5.82 Å². The highest BCUT2D eigenvalue weighted by Crippen LogP contribution is 2.17. The summed E-state index contributed by atoms with van der Waals surface area (Å²) < 4.78 is 7.54. The van der Waals surface area contributed by atoms with Crippen LogP contribution >= 0.6 is 0 Å². The summed E-state index contributed by atoms with van der Waals surface area (Å²) in [6.45, 7) is 8.43. The molecule has 0 aromatic carbocycles. The summed E-state index contributed by atoms with van der Waals surface area (Å²) in [6.07, 6.45) is 4.57. The summed E-state index contributed by atoms with van der Waals surface area (Å²) in [6, 6.07) is 2.45. The van der Waals surface area contributed by atoms with Crippen molar-refractivity contribution >= 4 is 5.82 Å². The molecule has 0 amide bonds. The monoisotopic (exact) mass is 237 g/mol. The number of nitrogens with one attached hydrogen (secondary N) is 1. The second-order valence-corrected chi connectivity index (χ2v) is 5.26. The average Bonchev–Trinajstić information content (AvgIpc) is 2.87. The van der Waals surface area contributed by atoms with Gasteiger partial charge in [0, 0.05) is 25.4 Å². The predicted octanol–water partition coefficient (Wildman–Crippen LogP) is 2.52. The zero-order chi connectivity index (χ0) is 12.3.